The van der Waals surface area contributed by atoms with Crippen molar-refractivity contribution in [3.63, 3.8) is 0 Å². The minimum absolute atomic E-state index is 0.287. The summed E-state index contributed by atoms with van der Waals surface area (Å²) in [6, 6.07) is 6.54. The molecule has 1 aromatic carbocycles. The van der Waals surface area contributed by atoms with Crippen molar-refractivity contribution in [1.82, 2.24) is 0 Å². The molecule has 1 aromatic heterocycles. The Morgan fingerprint density at radius 2 is 2.38 bits per heavy atom. The van der Waals surface area contributed by atoms with Gasteiger partial charge in [0, 0.05) is 5.39 Å². The largest absolute Gasteiger partial charge is 0.486 e. The molecule has 0 N–H and O–H groups in total. The highest BCUT2D eigenvalue weighted by atomic mass is 16.6. The molecule has 5 heteroatoms. The Labute approximate surface area is 91.1 Å². The van der Waals surface area contributed by atoms with Crippen molar-refractivity contribution in [2.24, 2.45) is 0 Å². The fourth-order valence-electron chi connectivity index (χ4n) is 1.38. The van der Waals surface area contributed by atoms with Crippen LogP contribution in [0.4, 0.5) is 5.88 Å². The molecule has 1 heterocycles. The Hall–Kier alpha value is -2.30. The molecule has 0 amide bonds. The topological polar surface area (TPSA) is 65.5 Å². The van der Waals surface area contributed by atoms with Gasteiger partial charge in [0.2, 0.25) is 0 Å². The molecule has 0 bridgehead atoms. The maximum Gasteiger partial charge on any atom is 0.434 e. The van der Waals surface area contributed by atoms with Crippen molar-refractivity contribution in [2.45, 2.75) is 0 Å². The van der Waals surface area contributed by atoms with Crippen LogP contribution in [0, 0.1) is 10.1 Å². The Morgan fingerprint density at radius 1 is 1.56 bits per heavy atom. The van der Waals surface area contributed by atoms with Gasteiger partial charge in [-0.3, -0.25) is 10.1 Å². The summed E-state index contributed by atoms with van der Waals surface area (Å²) in [4.78, 5) is 9.98. The summed E-state index contributed by atoms with van der Waals surface area (Å²) in [5, 5.41) is 11.2. The number of nitrogens with zero attached hydrogens (tertiary/aromatic N) is 1. The van der Waals surface area contributed by atoms with Gasteiger partial charge in [-0.2, -0.15) is 0 Å². The lowest BCUT2D eigenvalue weighted by molar-refractivity contribution is -0.401. The number of ether oxygens (including phenoxy) is 1. The van der Waals surface area contributed by atoms with Crippen molar-refractivity contribution in [1.29, 1.82) is 0 Å². The van der Waals surface area contributed by atoms with E-state index in [0.717, 1.165) is 0 Å². The number of hydrogen-bond donors (Lipinski definition) is 0. The second kappa shape index (κ2) is 4.06. The van der Waals surface area contributed by atoms with E-state index < -0.39 is 4.92 Å². The molecule has 82 valence electrons. The SMILES string of the molecule is C=CCOc1cccc2cc([N+](=O)[O-])oc12. The lowest BCUT2D eigenvalue weighted by atomic mass is 10.2. The van der Waals surface area contributed by atoms with E-state index in [-0.39, 0.29) is 5.88 Å². The summed E-state index contributed by atoms with van der Waals surface area (Å²) >= 11 is 0. The number of hydrogen-bond acceptors (Lipinski definition) is 4. The van der Waals surface area contributed by atoms with Gasteiger partial charge in [-0.25, -0.2) is 0 Å². The lowest BCUT2D eigenvalue weighted by Gasteiger charge is -2.01. The van der Waals surface area contributed by atoms with Crippen molar-refractivity contribution in [3.8, 4) is 5.75 Å². The second-order valence-corrected chi connectivity index (χ2v) is 3.12. The number of para-hydroxylation sites is 1. The zero-order valence-corrected chi connectivity index (χ0v) is 8.38. The lowest BCUT2D eigenvalue weighted by Crippen LogP contribution is -1.92. The number of benzene rings is 1. The van der Waals surface area contributed by atoms with Gasteiger partial charge in [0.15, 0.2) is 11.3 Å². The van der Waals surface area contributed by atoms with Gasteiger partial charge in [0.25, 0.3) is 0 Å². The molecule has 0 spiro atoms. The number of furan rings is 1. The average molecular weight is 219 g/mol. The van der Waals surface area contributed by atoms with E-state index in [9.17, 15) is 10.1 Å². The first-order chi connectivity index (χ1) is 7.72. The Morgan fingerprint density at radius 3 is 3.06 bits per heavy atom. The van der Waals surface area contributed by atoms with Crippen LogP contribution < -0.4 is 4.74 Å². The van der Waals surface area contributed by atoms with E-state index >= 15 is 0 Å². The summed E-state index contributed by atoms with van der Waals surface area (Å²) < 4.78 is 10.4. The molecule has 0 aliphatic rings. The van der Waals surface area contributed by atoms with Gasteiger partial charge in [-0.1, -0.05) is 24.8 Å². The van der Waals surface area contributed by atoms with Crippen LogP contribution >= 0.6 is 0 Å². The first kappa shape index (κ1) is 10.2. The molecule has 0 saturated heterocycles. The van der Waals surface area contributed by atoms with Crippen LogP contribution in [0.5, 0.6) is 5.75 Å². The van der Waals surface area contributed by atoms with E-state index in [2.05, 4.69) is 6.58 Å². The van der Waals surface area contributed by atoms with Crippen molar-refractivity contribution in [3.05, 3.63) is 47.0 Å². The molecule has 0 fully saturated rings. The van der Waals surface area contributed by atoms with E-state index in [1.165, 1.54) is 6.07 Å². The summed E-state index contributed by atoms with van der Waals surface area (Å²) in [6.45, 7) is 3.85. The van der Waals surface area contributed by atoms with Crippen LogP contribution in [-0.4, -0.2) is 11.5 Å². The predicted octanol–water partition coefficient (Wildman–Crippen LogP) is 2.91. The molecule has 5 nitrogen and oxygen atoms in total. The molecule has 2 rings (SSSR count). The predicted molar refractivity (Wildman–Crippen MR) is 58.6 cm³/mol. The van der Waals surface area contributed by atoms with E-state index in [4.69, 9.17) is 9.15 Å². The van der Waals surface area contributed by atoms with E-state index in [1.54, 1.807) is 24.3 Å². The molecule has 0 saturated carbocycles. The van der Waals surface area contributed by atoms with Crippen LogP contribution in [0.2, 0.25) is 0 Å². The molecule has 0 unspecified atom stereocenters. The third-order valence-corrected chi connectivity index (χ3v) is 2.03. The van der Waals surface area contributed by atoms with Gasteiger partial charge in [0.1, 0.15) is 11.5 Å². The third kappa shape index (κ3) is 1.75. The van der Waals surface area contributed by atoms with Crippen LogP contribution in [-0.2, 0) is 0 Å². The average Bonchev–Trinajstić information content (AvgIpc) is 2.70. The van der Waals surface area contributed by atoms with Crippen LogP contribution in [0.1, 0.15) is 0 Å². The van der Waals surface area contributed by atoms with Crippen LogP contribution in [0.25, 0.3) is 11.0 Å². The van der Waals surface area contributed by atoms with Gasteiger partial charge in [-0.05, 0) is 6.07 Å². The molecule has 0 aliphatic heterocycles. The molecule has 0 aliphatic carbocycles. The molecule has 16 heavy (non-hydrogen) atoms. The highest BCUT2D eigenvalue weighted by Gasteiger charge is 2.16. The summed E-state index contributed by atoms with van der Waals surface area (Å²) in [7, 11) is 0. The second-order valence-electron chi connectivity index (χ2n) is 3.12. The van der Waals surface area contributed by atoms with Gasteiger partial charge in [-0.15, -0.1) is 0 Å². The Bertz CT molecular complexity index is 544. The van der Waals surface area contributed by atoms with Crippen molar-refractivity contribution >= 4 is 16.9 Å². The van der Waals surface area contributed by atoms with Crippen molar-refractivity contribution in [2.75, 3.05) is 6.61 Å². The van der Waals surface area contributed by atoms with Gasteiger partial charge < -0.3 is 9.15 Å². The number of fused-ring (bicyclic) bond motifs is 1. The summed E-state index contributed by atoms with van der Waals surface area (Å²) in [5.41, 5.74) is 0.385. The highest BCUT2D eigenvalue weighted by Crippen LogP contribution is 2.31. The molecule has 0 radical (unpaired) electrons. The quantitative estimate of drug-likeness (QED) is 0.450. The van der Waals surface area contributed by atoms with Gasteiger partial charge in [0.05, 0.1) is 6.07 Å². The first-order valence-electron chi connectivity index (χ1n) is 4.63. The first-order valence-corrected chi connectivity index (χ1v) is 4.63. The van der Waals surface area contributed by atoms with Crippen LogP contribution in [0.15, 0.2) is 41.3 Å². The minimum atomic E-state index is -0.572. The summed E-state index contributed by atoms with van der Waals surface area (Å²) in [6.07, 6.45) is 1.59. The van der Waals surface area contributed by atoms with E-state index in [0.29, 0.717) is 23.3 Å². The normalized spacial score (nSPS) is 10.2. The maximum absolute atomic E-state index is 10.6. The molecule has 2 aromatic rings. The number of rotatable bonds is 4. The zero-order chi connectivity index (χ0) is 11.5. The summed E-state index contributed by atoms with van der Waals surface area (Å²) in [5.74, 6) is 0.190. The zero-order valence-electron chi connectivity index (χ0n) is 8.38. The third-order valence-electron chi connectivity index (χ3n) is 2.03. The smallest absolute Gasteiger partial charge is 0.434 e. The van der Waals surface area contributed by atoms with E-state index in [1.807, 2.05) is 0 Å². The standard InChI is InChI=1S/C11H9NO4/c1-2-6-15-9-5-3-4-8-7-10(12(13)14)16-11(8)9/h2-5,7H,1,6H2. The van der Waals surface area contributed by atoms with Crippen molar-refractivity contribution < 1.29 is 14.1 Å². The van der Waals surface area contributed by atoms with Gasteiger partial charge >= 0.3 is 5.88 Å². The minimum Gasteiger partial charge on any atom is -0.486 e. The Balaban J connectivity index is 2.49. The molecule has 0 atom stereocenters. The fraction of sp³-hybridized carbons (Fsp3) is 0.0909. The highest BCUT2D eigenvalue weighted by molar-refractivity contribution is 5.85. The number of nitro groups is 1. The Kier molecular flexibility index (Phi) is 2.59. The van der Waals surface area contributed by atoms with Crippen LogP contribution in [0.3, 0.4) is 0 Å². The maximum atomic E-state index is 10.6. The fourth-order valence-corrected chi connectivity index (χ4v) is 1.38. The monoisotopic (exact) mass is 219 g/mol. The molecular formula is C11H9NO4. The molecular weight excluding hydrogens is 210 g/mol.